The lowest BCUT2D eigenvalue weighted by Gasteiger charge is -2.31. The van der Waals surface area contributed by atoms with Crippen LogP contribution in [0.15, 0.2) is 4.47 Å². The van der Waals surface area contributed by atoms with Gasteiger partial charge in [-0.1, -0.05) is 34.6 Å². The first-order valence-electron chi connectivity index (χ1n) is 8.15. The minimum absolute atomic E-state index is 0.353. The quantitative estimate of drug-likeness (QED) is 0.781. The summed E-state index contributed by atoms with van der Waals surface area (Å²) in [6.07, 6.45) is 3.18. The molecule has 0 saturated carbocycles. The molecule has 0 fully saturated rings. The summed E-state index contributed by atoms with van der Waals surface area (Å²) >= 11 is 3.76. The van der Waals surface area contributed by atoms with E-state index in [2.05, 4.69) is 74.5 Å². The monoisotopic (exact) mass is 357 g/mol. The summed E-state index contributed by atoms with van der Waals surface area (Å²) < 4.78 is 3.35. The second kappa shape index (κ2) is 7.77. The molecule has 1 aromatic rings. The van der Waals surface area contributed by atoms with Crippen LogP contribution in [-0.2, 0) is 19.4 Å². The van der Waals surface area contributed by atoms with E-state index in [1.807, 2.05) is 0 Å². The summed E-state index contributed by atoms with van der Waals surface area (Å²) in [5.41, 5.74) is 2.85. The molecule has 1 aromatic heterocycles. The second-order valence-electron chi connectivity index (χ2n) is 7.07. The minimum Gasteiger partial charge on any atom is -0.317 e. The molecule has 0 bridgehead atoms. The first kappa shape index (κ1) is 18.7. The normalized spacial score (nSPS) is 15.2. The van der Waals surface area contributed by atoms with E-state index in [0.29, 0.717) is 17.4 Å². The van der Waals surface area contributed by atoms with Gasteiger partial charge in [0, 0.05) is 19.0 Å². The van der Waals surface area contributed by atoms with Crippen LogP contribution in [0.1, 0.15) is 59.4 Å². The second-order valence-corrected chi connectivity index (χ2v) is 7.86. The zero-order valence-electron chi connectivity index (χ0n) is 14.8. The molecular weight excluding hydrogens is 326 g/mol. The van der Waals surface area contributed by atoms with Gasteiger partial charge in [-0.3, -0.25) is 4.68 Å². The van der Waals surface area contributed by atoms with Crippen LogP contribution in [0, 0.1) is 11.3 Å². The summed E-state index contributed by atoms with van der Waals surface area (Å²) in [5.74, 6) is 0.678. The third-order valence-electron chi connectivity index (χ3n) is 4.66. The minimum atomic E-state index is 0.353. The van der Waals surface area contributed by atoms with Crippen LogP contribution in [-0.4, -0.2) is 22.9 Å². The Balaban J connectivity index is 2.89. The van der Waals surface area contributed by atoms with Gasteiger partial charge in [0.05, 0.1) is 15.9 Å². The van der Waals surface area contributed by atoms with Gasteiger partial charge in [0.25, 0.3) is 0 Å². The van der Waals surface area contributed by atoms with Crippen LogP contribution in [0.25, 0.3) is 0 Å². The molecule has 122 valence electrons. The topological polar surface area (TPSA) is 29.9 Å². The Morgan fingerprint density at radius 2 is 1.90 bits per heavy atom. The van der Waals surface area contributed by atoms with E-state index in [0.717, 1.165) is 19.4 Å². The van der Waals surface area contributed by atoms with Crippen molar-refractivity contribution in [2.24, 2.45) is 11.3 Å². The van der Waals surface area contributed by atoms with Crippen LogP contribution in [0.2, 0.25) is 0 Å². The first-order valence-corrected chi connectivity index (χ1v) is 8.95. The fraction of sp³-hybridized carbons (Fsp3) is 0.824. The Labute approximate surface area is 139 Å². The highest BCUT2D eigenvalue weighted by molar-refractivity contribution is 9.10. The number of halogens is 1. The Morgan fingerprint density at radius 3 is 2.33 bits per heavy atom. The maximum absolute atomic E-state index is 4.70. The summed E-state index contributed by atoms with van der Waals surface area (Å²) in [7, 11) is 2.07. The Bertz CT molecular complexity index is 446. The molecular formula is C17H32BrN3. The molecule has 0 amide bonds. The Hall–Kier alpha value is -0.350. The molecule has 1 rings (SSSR count). The number of hydrogen-bond donors (Lipinski definition) is 1. The van der Waals surface area contributed by atoms with Gasteiger partial charge in [0.1, 0.15) is 0 Å². The van der Waals surface area contributed by atoms with Gasteiger partial charge in [-0.15, -0.1) is 0 Å². The molecule has 2 unspecified atom stereocenters. The van der Waals surface area contributed by atoms with E-state index in [9.17, 15) is 0 Å². The lowest BCUT2D eigenvalue weighted by molar-refractivity contribution is 0.224. The van der Waals surface area contributed by atoms with Crippen LogP contribution in [0.4, 0.5) is 0 Å². The van der Waals surface area contributed by atoms with Crippen molar-refractivity contribution in [3.8, 4) is 0 Å². The average molecular weight is 358 g/mol. The van der Waals surface area contributed by atoms with Crippen molar-refractivity contribution >= 4 is 15.9 Å². The van der Waals surface area contributed by atoms with Gasteiger partial charge >= 0.3 is 0 Å². The SMILES string of the molecule is CCc1nn(CC)c(CC(CC(C)C(C)(C)C)NC)c1Br. The van der Waals surface area contributed by atoms with Crippen molar-refractivity contribution in [3.63, 3.8) is 0 Å². The molecule has 4 heteroatoms. The molecule has 0 aromatic carbocycles. The molecule has 0 saturated heterocycles. The first-order chi connectivity index (χ1) is 9.74. The van der Waals surface area contributed by atoms with E-state index in [1.165, 1.54) is 22.3 Å². The Kier molecular flexibility index (Phi) is 6.92. The fourth-order valence-corrected chi connectivity index (χ4v) is 3.26. The van der Waals surface area contributed by atoms with Gasteiger partial charge in [-0.2, -0.15) is 5.10 Å². The van der Waals surface area contributed by atoms with Crippen molar-refractivity contribution in [2.75, 3.05) is 7.05 Å². The summed E-state index contributed by atoms with van der Waals surface area (Å²) in [6.45, 7) is 14.6. The molecule has 3 nitrogen and oxygen atoms in total. The number of likely N-dealkylation sites (N-methyl/N-ethyl adjacent to an activating group) is 1. The van der Waals surface area contributed by atoms with E-state index < -0.39 is 0 Å². The lowest BCUT2D eigenvalue weighted by Crippen LogP contribution is -2.33. The van der Waals surface area contributed by atoms with Gasteiger partial charge in [0.15, 0.2) is 0 Å². The van der Waals surface area contributed by atoms with Gasteiger partial charge < -0.3 is 5.32 Å². The van der Waals surface area contributed by atoms with Crippen molar-refractivity contribution < 1.29 is 0 Å². The highest BCUT2D eigenvalue weighted by Gasteiger charge is 2.25. The number of aromatic nitrogens is 2. The van der Waals surface area contributed by atoms with Crippen molar-refractivity contribution in [1.29, 1.82) is 0 Å². The molecule has 0 radical (unpaired) electrons. The molecule has 1 heterocycles. The standard InChI is InChI=1S/C17H32BrN3/c1-8-14-16(18)15(21(9-2)20-14)11-13(19-7)10-12(3)17(4,5)6/h12-13,19H,8-11H2,1-7H3. The number of aryl methyl sites for hydroxylation is 2. The highest BCUT2D eigenvalue weighted by Crippen LogP contribution is 2.31. The summed E-state index contributed by atoms with van der Waals surface area (Å²) in [6, 6.07) is 0.488. The third-order valence-corrected chi connectivity index (χ3v) is 5.57. The molecule has 21 heavy (non-hydrogen) atoms. The predicted octanol–water partition coefficient (Wildman–Crippen LogP) is 4.43. The van der Waals surface area contributed by atoms with Crippen LogP contribution in [0.5, 0.6) is 0 Å². The molecule has 0 spiro atoms. The number of hydrogen-bond acceptors (Lipinski definition) is 2. The van der Waals surface area contributed by atoms with E-state index in [-0.39, 0.29) is 0 Å². The van der Waals surface area contributed by atoms with Crippen LogP contribution in [0.3, 0.4) is 0 Å². The Morgan fingerprint density at radius 1 is 1.29 bits per heavy atom. The summed E-state index contributed by atoms with van der Waals surface area (Å²) in [5, 5.41) is 8.20. The fourth-order valence-electron chi connectivity index (χ4n) is 2.53. The van der Waals surface area contributed by atoms with Gasteiger partial charge in [-0.05, 0) is 54.1 Å². The lowest BCUT2D eigenvalue weighted by atomic mass is 9.78. The van der Waals surface area contributed by atoms with Gasteiger partial charge in [-0.25, -0.2) is 0 Å². The van der Waals surface area contributed by atoms with E-state index >= 15 is 0 Å². The van der Waals surface area contributed by atoms with Gasteiger partial charge in [0.2, 0.25) is 0 Å². The van der Waals surface area contributed by atoms with Crippen LogP contribution >= 0.6 is 15.9 Å². The van der Waals surface area contributed by atoms with E-state index in [1.54, 1.807) is 0 Å². The maximum Gasteiger partial charge on any atom is 0.0766 e. The van der Waals surface area contributed by atoms with E-state index in [4.69, 9.17) is 5.10 Å². The predicted molar refractivity (Wildman–Crippen MR) is 94.8 cm³/mol. The number of nitrogens with one attached hydrogen (secondary N) is 1. The summed E-state index contributed by atoms with van der Waals surface area (Å²) in [4.78, 5) is 0. The number of rotatable bonds is 7. The van der Waals surface area contributed by atoms with Crippen molar-refractivity contribution in [2.45, 2.75) is 73.4 Å². The molecule has 2 atom stereocenters. The van der Waals surface area contributed by atoms with Crippen molar-refractivity contribution in [1.82, 2.24) is 15.1 Å². The zero-order chi connectivity index (χ0) is 16.2. The number of nitrogens with zero attached hydrogens (tertiary/aromatic N) is 2. The van der Waals surface area contributed by atoms with Crippen LogP contribution < -0.4 is 5.32 Å². The molecule has 1 N–H and O–H groups in total. The molecule has 0 aliphatic rings. The highest BCUT2D eigenvalue weighted by atomic mass is 79.9. The smallest absolute Gasteiger partial charge is 0.0766 e. The van der Waals surface area contributed by atoms with Crippen molar-refractivity contribution in [3.05, 3.63) is 15.9 Å². The average Bonchev–Trinajstić information content (AvgIpc) is 2.73. The third kappa shape index (κ3) is 4.82. The molecule has 0 aliphatic carbocycles. The molecule has 0 aliphatic heterocycles. The maximum atomic E-state index is 4.70. The largest absolute Gasteiger partial charge is 0.317 e. The zero-order valence-corrected chi connectivity index (χ0v) is 16.3.